The molecule has 1 aliphatic rings. The molecule has 3 rings (SSSR count). The molecule has 0 spiro atoms. The average molecular weight is 368 g/mol. The van der Waals surface area contributed by atoms with Crippen LogP contribution in [0.3, 0.4) is 0 Å². The standard InChI is InChI=1S/C21H24N2O4/c1-13-7-8-14(2)15(12-13)19(24)17-18(16-6-5-11-27-16)23(10-9-22(3)4)21(26)20(17)25/h5-8,11-12,18,24H,9-10H2,1-4H3/t18-/m0/s1. The summed E-state index contributed by atoms with van der Waals surface area (Å²) >= 11 is 0. The fourth-order valence-electron chi connectivity index (χ4n) is 3.30. The van der Waals surface area contributed by atoms with Gasteiger partial charge in [-0.1, -0.05) is 17.7 Å². The Morgan fingerprint density at radius 1 is 1.22 bits per heavy atom. The highest BCUT2D eigenvalue weighted by Gasteiger charge is 2.47. The molecule has 1 aromatic carbocycles. The molecule has 6 nitrogen and oxygen atoms in total. The molecule has 1 N–H and O–H groups in total. The Bertz CT molecular complexity index is 897. The number of hydrogen-bond donors (Lipinski definition) is 1. The Labute approximate surface area is 158 Å². The fraction of sp³-hybridized carbons (Fsp3) is 0.333. The molecule has 0 saturated carbocycles. The maximum absolute atomic E-state index is 12.8. The summed E-state index contributed by atoms with van der Waals surface area (Å²) in [5.74, 6) is -1.01. The van der Waals surface area contributed by atoms with Crippen molar-refractivity contribution in [1.82, 2.24) is 9.80 Å². The van der Waals surface area contributed by atoms with E-state index in [1.54, 1.807) is 12.1 Å². The quantitative estimate of drug-likeness (QED) is 0.499. The van der Waals surface area contributed by atoms with Crippen LogP contribution in [0.5, 0.6) is 0 Å². The van der Waals surface area contributed by atoms with Gasteiger partial charge < -0.3 is 19.3 Å². The lowest BCUT2D eigenvalue weighted by Gasteiger charge is -2.24. The number of aliphatic hydroxyl groups excluding tert-OH is 1. The summed E-state index contributed by atoms with van der Waals surface area (Å²) in [6.07, 6.45) is 1.50. The predicted molar refractivity (Wildman–Crippen MR) is 102 cm³/mol. The molecule has 0 radical (unpaired) electrons. The van der Waals surface area contributed by atoms with E-state index in [0.29, 0.717) is 24.4 Å². The molecule has 1 fully saturated rings. The van der Waals surface area contributed by atoms with Gasteiger partial charge in [0.2, 0.25) is 0 Å². The summed E-state index contributed by atoms with van der Waals surface area (Å²) in [5.41, 5.74) is 2.41. The zero-order valence-corrected chi connectivity index (χ0v) is 16.0. The summed E-state index contributed by atoms with van der Waals surface area (Å²) < 4.78 is 5.52. The van der Waals surface area contributed by atoms with Crippen LogP contribution in [0.4, 0.5) is 0 Å². The molecule has 0 bridgehead atoms. The van der Waals surface area contributed by atoms with Gasteiger partial charge in [-0.2, -0.15) is 0 Å². The molecule has 2 heterocycles. The van der Waals surface area contributed by atoms with E-state index in [-0.39, 0.29) is 11.3 Å². The third-order valence-electron chi connectivity index (χ3n) is 4.79. The minimum atomic E-state index is -0.736. The number of rotatable bonds is 5. The van der Waals surface area contributed by atoms with Crippen molar-refractivity contribution >= 4 is 17.4 Å². The highest BCUT2D eigenvalue weighted by molar-refractivity contribution is 6.46. The molecule has 1 saturated heterocycles. The van der Waals surface area contributed by atoms with Gasteiger partial charge in [0.15, 0.2) is 0 Å². The van der Waals surface area contributed by atoms with Gasteiger partial charge >= 0.3 is 0 Å². The van der Waals surface area contributed by atoms with Gasteiger partial charge in [0, 0.05) is 18.7 Å². The molecule has 1 aliphatic heterocycles. The lowest BCUT2D eigenvalue weighted by molar-refractivity contribution is -0.140. The maximum Gasteiger partial charge on any atom is 0.295 e. The number of nitrogens with zero attached hydrogens (tertiary/aromatic N) is 2. The highest BCUT2D eigenvalue weighted by Crippen LogP contribution is 2.39. The zero-order chi connectivity index (χ0) is 19.7. The number of aliphatic hydroxyl groups is 1. The van der Waals surface area contributed by atoms with Crippen LogP contribution in [0.25, 0.3) is 5.76 Å². The monoisotopic (exact) mass is 368 g/mol. The number of hydrogen-bond acceptors (Lipinski definition) is 5. The van der Waals surface area contributed by atoms with Gasteiger partial charge in [-0.15, -0.1) is 0 Å². The van der Waals surface area contributed by atoms with E-state index in [9.17, 15) is 14.7 Å². The van der Waals surface area contributed by atoms with E-state index >= 15 is 0 Å². The van der Waals surface area contributed by atoms with Gasteiger partial charge in [0.05, 0.1) is 11.8 Å². The van der Waals surface area contributed by atoms with Crippen molar-refractivity contribution in [2.45, 2.75) is 19.9 Å². The number of benzene rings is 1. The van der Waals surface area contributed by atoms with Gasteiger partial charge in [0.1, 0.15) is 17.6 Å². The van der Waals surface area contributed by atoms with Crippen LogP contribution in [0.1, 0.15) is 28.5 Å². The molecular formula is C21H24N2O4. The summed E-state index contributed by atoms with van der Waals surface area (Å²) in [6, 6.07) is 8.33. The predicted octanol–water partition coefficient (Wildman–Crippen LogP) is 2.88. The third kappa shape index (κ3) is 3.53. The van der Waals surface area contributed by atoms with Crippen molar-refractivity contribution in [3.05, 3.63) is 64.6 Å². The van der Waals surface area contributed by atoms with Crippen molar-refractivity contribution in [3.8, 4) is 0 Å². The summed E-state index contributed by atoms with van der Waals surface area (Å²) in [5, 5.41) is 11.0. The summed E-state index contributed by atoms with van der Waals surface area (Å²) in [7, 11) is 3.79. The van der Waals surface area contributed by atoms with Crippen molar-refractivity contribution in [2.24, 2.45) is 0 Å². The maximum atomic E-state index is 12.8. The van der Waals surface area contributed by atoms with E-state index in [2.05, 4.69) is 0 Å². The van der Waals surface area contributed by atoms with Gasteiger partial charge in [-0.25, -0.2) is 0 Å². The molecule has 6 heteroatoms. The van der Waals surface area contributed by atoms with Crippen LogP contribution in [-0.2, 0) is 9.59 Å². The number of carbonyl (C=O) groups excluding carboxylic acids is 2. The van der Waals surface area contributed by atoms with Crippen LogP contribution in [0, 0.1) is 13.8 Å². The highest BCUT2D eigenvalue weighted by atomic mass is 16.3. The number of aryl methyl sites for hydroxylation is 2. The molecule has 1 aromatic heterocycles. The number of Topliss-reactive ketones (excluding diaryl/α,β-unsaturated/α-hetero) is 1. The Morgan fingerprint density at radius 2 is 1.96 bits per heavy atom. The first kappa shape index (κ1) is 18.9. The van der Waals surface area contributed by atoms with Crippen molar-refractivity contribution in [2.75, 3.05) is 27.2 Å². The van der Waals surface area contributed by atoms with Crippen LogP contribution >= 0.6 is 0 Å². The smallest absolute Gasteiger partial charge is 0.295 e. The Hall–Kier alpha value is -2.86. The Kier molecular flexibility index (Phi) is 5.19. The number of likely N-dealkylation sites (tertiary alicyclic amines) is 1. The van der Waals surface area contributed by atoms with Crippen molar-refractivity contribution in [3.63, 3.8) is 0 Å². The second kappa shape index (κ2) is 7.40. The van der Waals surface area contributed by atoms with Crippen LogP contribution in [0.2, 0.25) is 0 Å². The second-order valence-electron chi connectivity index (χ2n) is 7.13. The minimum Gasteiger partial charge on any atom is -0.507 e. The molecule has 2 aromatic rings. The number of carbonyl (C=O) groups is 2. The van der Waals surface area contributed by atoms with E-state index in [4.69, 9.17) is 4.42 Å². The van der Waals surface area contributed by atoms with Gasteiger partial charge in [-0.05, 0) is 51.7 Å². The van der Waals surface area contributed by atoms with Crippen molar-refractivity contribution < 1.29 is 19.1 Å². The fourth-order valence-corrected chi connectivity index (χ4v) is 3.30. The summed E-state index contributed by atoms with van der Waals surface area (Å²) in [4.78, 5) is 28.9. The van der Waals surface area contributed by atoms with Crippen LogP contribution in [-0.4, -0.2) is 53.8 Å². The normalized spacial score (nSPS) is 19.3. The molecular weight excluding hydrogens is 344 g/mol. The molecule has 27 heavy (non-hydrogen) atoms. The number of ketones is 1. The lowest BCUT2D eigenvalue weighted by Crippen LogP contribution is -2.35. The largest absolute Gasteiger partial charge is 0.507 e. The molecule has 0 aliphatic carbocycles. The van der Waals surface area contributed by atoms with E-state index in [0.717, 1.165) is 11.1 Å². The number of amides is 1. The van der Waals surface area contributed by atoms with E-state index in [1.165, 1.54) is 11.2 Å². The molecule has 1 atom stereocenters. The minimum absolute atomic E-state index is 0.0717. The van der Waals surface area contributed by atoms with Crippen molar-refractivity contribution in [1.29, 1.82) is 0 Å². The summed E-state index contributed by atoms with van der Waals surface area (Å²) in [6.45, 7) is 4.72. The molecule has 1 amide bonds. The topological polar surface area (TPSA) is 74.0 Å². The Balaban J connectivity index is 2.15. The third-order valence-corrected chi connectivity index (χ3v) is 4.79. The van der Waals surface area contributed by atoms with Crippen LogP contribution in [0.15, 0.2) is 46.6 Å². The second-order valence-corrected chi connectivity index (χ2v) is 7.13. The van der Waals surface area contributed by atoms with Gasteiger partial charge in [0.25, 0.3) is 11.7 Å². The first-order valence-electron chi connectivity index (χ1n) is 8.85. The molecule has 0 unspecified atom stereocenters. The number of likely N-dealkylation sites (N-methyl/N-ethyl adjacent to an activating group) is 1. The van der Waals surface area contributed by atoms with E-state index in [1.807, 2.05) is 51.0 Å². The Morgan fingerprint density at radius 3 is 2.59 bits per heavy atom. The number of furan rings is 1. The first-order chi connectivity index (χ1) is 12.8. The molecule has 142 valence electrons. The zero-order valence-electron chi connectivity index (χ0n) is 16.0. The average Bonchev–Trinajstić information content (AvgIpc) is 3.22. The van der Waals surface area contributed by atoms with Gasteiger partial charge in [-0.3, -0.25) is 9.59 Å². The van der Waals surface area contributed by atoms with E-state index < -0.39 is 17.7 Å². The first-order valence-corrected chi connectivity index (χ1v) is 8.85. The SMILES string of the molecule is Cc1ccc(C)c(C(O)=C2C(=O)C(=O)N(CCN(C)C)[C@H]2c2ccco2)c1. The van der Waals surface area contributed by atoms with Crippen LogP contribution < -0.4 is 0 Å². The lowest BCUT2D eigenvalue weighted by atomic mass is 9.96.